The summed E-state index contributed by atoms with van der Waals surface area (Å²) in [6.45, 7) is 0.842. The lowest BCUT2D eigenvalue weighted by Crippen LogP contribution is -2.39. The summed E-state index contributed by atoms with van der Waals surface area (Å²) in [5.74, 6) is 0. The SMILES string of the molecule is CO[C@H]1C=C[C@H](O)[C@@H](COCc2ccccc2)O1. The average Bonchev–Trinajstić information content (AvgIpc) is 2.42. The second-order valence-corrected chi connectivity index (χ2v) is 4.15. The normalized spacial score (nSPS) is 27.3. The second-order valence-electron chi connectivity index (χ2n) is 4.15. The Labute approximate surface area is 107 Å². The Morgan fingerprint density at radius 1 is 1.22 bits per heavy atom. The Hall–Kier alpha value is -1.20. The van der Waals surface area contributed by atoms with Crippen molar-refractivity contribution < 1.29 is 19.3 Å². The van der Waals surface area contributed by atoms with Crippen LogP contribution in [0.5, 0.6) is 0 Å². The van der Waals surface area contributed by atoms with E-state index in [0.717, 1.165) is 5.56 Å². The molecule has 1 aliphatic rings. The van der Waals surface area contributed by atoms with E-state index in [1.54, 1.807) is 19.3 Å². The quantitative estimate of drug-likeness (QED) is 0.804. The topological polar surface area (TPSA) is 47.9 Å². The van der Waals surface area contributed by atoms with Crippen molar-refractivity contribution in [2.75, 3.05) is 13.7 Å². The highest BCUT2D eigenvalue weighted by Gasteiger charge is 2.25. The zero-order valence-electron chi connectivity index (χ0n) is 10.4. The molecule has 4 nitrogen and oxygen atoms in total. The number of aliphatic hydroxyl groups is 1. The molecule has 0 fully saturated rings. The summed E-state index contributed by atoms with van der Waals surface area (Å²) in [5, 5.41) is 9.73. The highest BCUT2D eigenvalue weighted by molar-refractivity contribution is 5.13. The molecular formula is C14H18O4. The van der Waals surface area contributed by atoms with Crippen LogP contribution in [0.4, 0.5) is 0 Å². The van der Waals surface area contributed by atoms with Crippen LogP contribution in [0, 0.1) is 0 Å². The van der Waals surface area contributed by atoms with E-state index in [-0.39, 0.29) is 6.10 Å². The van der Waals surface area contributed by atoms with Gasteiger partial charge in [0.25, 0.3) is 0 Å². The van der Waals surface area contributed by atoms with Crippen LogP contribution in [0.3, 0.4) is 0 Å². The fraction of sp³-hybridized carbons (Fsp3) is 0.429. The van der Waals surface area contributed by atoms with Gasteiger partial charge >= 0.3 is 0 Å². The summed E-state index contributed by atoms with van der Waals surface area (Å²) in [7, 11) is 1.56. The van der Waals surface area contributed by atoms with Crippen molar-refractivity contribution in [3.8, 4) is 0 Å². The minimum absolute atomic E-state index is 0.334. The van der Waals surface area contributed by atoms with E-state index in [1.807, 2.05) is 30.3 Å². The Morgan fingerprint density at radius 3 is 2.72 bits per heavy atom. The largest absolute Gasteiger partial charge is 0.386 e. The van der Waals surface area contributed by atoms with Crippen LogP contribution in [0.25, 0.3) is 0 Å². The van der Waals surface area contributed by atoms with Gasteiger partial charge in [0.15, 0.2) is 6.29 Å². The zero-order chi connectivity index (χ0) is 12.8. The molecule has 0 saturated heterocycles. The van der Waals surface area contributed by atoms with Crippen molar-refractivity contribution >= 4 is 0 Å². The number of rotatable bonds is 5. The van der Waals surface area contributed by atoms with Gasteiger partial charge in [-0.15, -0.1) is 0 Å². The third-order valence-electron chi connectivity index (χ3n) is 2.78. The van der Waals surface area contributed by atoms with Crippen LogP contribution < -0.4 is 0 Å². The lowest BCUT2D eigenvalue weighted by Gasteiger charge is -2.28. The maximum absolute atomic E-state index is 9.73. The number of hydrogen-bond donors (Lipinski definition) is 1. The molecule has 0 unspecified atom stereocenters. The summed E-state index contributed by atoms with van der Waals surface area (Å²) in [6.07, 6.45) is 1.93. The Kier molecular flexibility index (Phi) is 4.90. The molecule has 0 aliphatic carbocycles. The molecule has 1 aliphatic heterocycles. The molecule has 0 saturated carbocycles. The van der Waals surface area contributed by atoms with Gasteiger partial charge in [0.1, 0.15) is 12.2 Å². The lowest BCUT2D eigenvalue weighted by atomic mass is 10.1. The van der Waals surface area contributed by atoms with Crippen LogP contribution in [0.15, 0.2) is 42.5 Å². The summed E-state index contributed by atoms with van der Waals surface area (Å²) in [4.78, 5) is 0. The van der Waals surface area contributed by atoms with Crippen LogP contribution in [-0.2, 0) is 20.8 Å². The van der Waals surface area contributed by atoms with Gasteiger partial charge in [-0.05, 0) is 11.6 Å². The minimum atomic E-state index is -0.646. The highest BCUT2D eigenvalue weighted by atomic mass is 16.7. The van der Waals surface area contributed by atoms with Crippen molar-refractivity contribution in [2.24, 2.45) is 0 Å². The first-order valence-electron chi connectivity index (χ1n) is 5.96. The molecule has 1 aromatic rings. The number of ether oxygens (including phenoxy) is 3. The molecule has 0 aromatic heterocycles. The molecule has 2 rings (SSSR count). The number of hydrogen-bond acceptors (Lipinski definition) is 4. The first kappa shape index (κ1) is 13.2. The van der Waals surface area contributed by atoms with E-state index < -0.39 is 12.4 Å². The van der Waals surface area contributed by atoms with Gasteiger partial charge in [-0.1, -0.05) is 36.4 Å². The summed E-state index contributed by atoms with van der Waals surface area (Å²) in [6, 6.07) is 9.89. The van der Waals surface area contributed by atoms with Gasteiger partial charge in [-0.2, -0.15) is 0 Å². The predicted molar refractivity (Wildman–Crippen MR) is 66.9 cm³/mol. The molecule has 0 radical (unpaired) electrons. The first-order valence-corrected chi connectivity index (χ1v) is 5.96. The Balaban J connectivity index is 1.78. The monoisotopic (exact) mass is 250 g/mol. The molecule has 0 spiro atoms. The van der Waals surface area contributed by atoms with Crippen molar-refractivity contribution in [1.82, 2.24) is 0 Å². The van der Waals surface area contributed by atoms with Crippen molar-refractivity contribution in [3.63, 3.8) is 0 Å². The Morgan fingerprint density at radius 2 is 2.00 bits per heavy atom. The van der Waals surface area contributed by atoms with Gasteiger partial charge in [-0.3, -0.25) is 0 Å². The van der Waals surface area contributed by atoms with Crippen LogP contribution in [-0.4, -0.2) is 37.3 Å². The molecule has 18 heavy (non-hydrogen) atoms. The van der Waals surface area contributed by atoms with Gasteiger partial charge in [0.05, 0.1) is 13.2 Å². The van der Waals surface area contributed by atoms with E-state index in [2.05, 4.69) is 0 Å². The third-order valence-corrected chi connectivity index (χ3v) is 2.78. The third kappa shape index (κ3) is 3.65. The van der Waals surface area contributed by atoms with Crippen LogP contribution in [0.1, 0.15) is 5.56 Å². The van der Waals surface area contributed by atoms with Crippen LogP contribution in [0.2, 0.25) is 0 Å². The fourth-order valence-electron chi connectivity index (χ4n) is 1.77. The molecule has 1 aromatic carbocycles. The summed E-state index contributed by atoms with van der Waals surface area (Å²) < 4.78 is 16.1. The van der Waals surface area contributed by atoms with E-state index in [0.29, 0.717) is 13.2 Å². The summed E-state index contributed by atoms with van der Waals surface area (Å²) >= 11 is 0. The van der Waals surface area contributed by atoms with Gasteiger partial charge in [-0.25, -0.2) is 0 Å². The molecule has 1 heterocycles. The smallest absolute Gasteiger partial charge is 0.177 e. The standard InChI is InChI=1S/C14H18O4/c1-16-14-8-7-12(15)13(18-14)10-17-9-11-5-3-2-4-6-11/h2-8,12-15H,9-10H2,1H3/t12-,13+,14+/m0/s1. The van der Waals surface area contributed by atoms with Gasteiger partial charge in [0.2, 0.25) is 0 Å². The average molecular weight is 250 g/mol. The van der Waals surface area contributed by atoms with E-state index in [4.69, 9.17) is 14.2 Å². The highest BCUT2D eigenvalue weighted by Crippen LogP contribution is 2.14. The summed E-state index contributed by atoms with van der Waals surface area (Å²) in [5.41, 5.74) is 1.10. The maximum atomic E-state index is 9.73. The van der Waals surface area contributed by atoms with Crippen LogP contribution >= 0.6 is 0 Å². The maximum Gasteiger partial charge on any atom is 0.177 e. The molecule has 4 heteroatoms. The second kappa shape index (κ2) is 6.66. The van der Waals surface area contributed by atoms with E-state index >= 15 is 0 Å². The number of aliphatic hydroxyl groups excluding tert-OH is 1. The molecule has 98 valence electrons. The predicted octanol–water partition coefficient (Wildman–Crippen LogP) is 1.49. The lowest BCUT2D eigenvalue weighted by molar-refractivity contribution is -0.175. The molecule has 0 amide bonds. The fourth-order valence-corrected chi connectivity index (χ4v) is 1.77. The number of methoxy groups -OCH3 is 1. The van der Waals surface area contributed by atoms with Crippen molar-refractivity contribution in [3.05, 3.63) is 48.0 Å². The van der Waals surface area contributed by atoms with E-state index in [1.165, 1.54) is 0 Å². The van der Waals surface area contributed by atoms with Gasteiger partial charge < -0.3 is 19.3 Å². The first-order chi connectivity index (χ1) is 8.79. The van der Waals surface area contributed by atoms with Crippen molar-refractivity contribution in [2.45, 2.75) is 25.1 Å². The molecular weight excluding hydrogens is 232 g/mol. The molecule has 1 N–H and O–H groups in total. The molecule has 3 atom stereocenters. The van der Waals surface area contributed by atoms with E-state index in [9.17, 15) is 5.11 Å². The number of benzene rings is 1. The van der Waals surface area contributed by atoms with Crippen molar-refractivity contribution in [1.29, 1.82) is 0 Å². The minimum Gasteiger partial charge on any atom is -0.386 e. The van der Waals surface area contributed by atoms with Gasteiger partial charge in [0, 0.05) is 7.11 Å². The Bertz CT molecular complexity index is 377. The zero-order valence-corrected chi connectivity index (χ0v) is 10.4. The molecule has 0 bridgehead atoms.